The highest BCUT2D eigenvalue weighted by molar-refractivity contribution is 7.10. The smallest absolute Gasteiger partial charge is 0.229 e. The summed E-state index contributed by atoms with van der Waals surface area (Å²) in [6, 6.07) is 19.6. The van der Waals surface area contributed by atoms with Gasteiger partial charge in [-0.2, -0.15) is 0 Å². The molecular weight excluding hydrogens is 356 g/mol. The quantitative estimate of drug-likeness (QED) is 0.497. The van der Waals surface area contributed by atoms with E-state index in [1.807, 2.05) is 53.9 Å². The lowest BCUT2D eigenvalue weighted by Gasteiger charge is -2.05. The molecule has 1 amide bonds. The van der Waals surface area contributed by atoms with E-state index in [1.54, 1.807) is 17.6 Å². The van der Waals surface area contributed by atoms with Crippen LogP contribution in [0, 0.1) is 6.92 Å². The zero-order chi connectivity index (χ0) is 18.6. The number of aromatic nitrogens is 1. The highest BCUT2D eigenvalue weighted by Gasteiger charge is 2.09. The van der Waals surface area contributed by atoms with Gasteiger partial charge in [0.15, 0.2) is 0 Å². The van der Waals surface area contributed by atoms with E-state index in [9.17, 15) is 4.79 Å². The van der Waals surface area contributed by atoms with Gasteiger partial charge in [0.1, 0.15) is 12.0 Å². The Bertz CT molecular complexity index is 1030. The predicted octanol–water partition coefficient (Wildman–Crippen LogP) is 5.56. The molecule has 134 valence electrons. The summed E-state index contributed by atoms with van der Waals surface area (Å²) in [5.41, 5.74) is 4.65. The van der Waals surface area contributed by atoms with Gasteiger partial charge in [0.2, 0.25) is 11.8 Å². The number of carbonyl (C=O) groups is 1. The van der Waals surface area contributed by atoms with Gasteiger partial charge < -0.3 is 9.73 Å². The van der Waals surface area contributed by atoms with E-state index in [0.29, 0.717) is 12.3 Å². The second kappa shape index (κ2) is 7.60. The summed E-state index contributed by atoms with van der Waals surface area (Å²) in [6.07, 6.45) is 2.05. The number of hydrogen-bond acceptors (Lipinski definition) is 4. The van der Waals surface area contributed by atoms with Crippen molar-refractivity contribution in [1.29, 1.82) is 0 Å². The van der Waals surface area contributed by atoms with Crippen LogP contribution < -0.4 is 5.32 Å². The summed E-state index contributed by atoms with van der Waals surface area (Å²) in [5, 5.41) is 4.88. The number of nitrogens with one attached hydrogen (secondary N) is 1. The Morgan fingerprint density at radius 3 is 2.48 bits per heavy atom. The van der Waals surface area contributed by atoms with Crippen LogP contribution in [-0.2, 0) is 11.2 Å². The summed E-state index contributed by atoms with van der Waals surface area (Å²) in [6.45, 7) is 2.05. The van der Waals surface area contributed by atoms with Gasteiger partial charge in [0.05, 0.1) is 6.42 Å². The Hall–Kier alpha value is -3.18. The first kappa shape index (κ1) is 17.2. The first-order valence-corrected chi connectivity index (χ1v) is 9.50. The first-order chi connectivity index (χ1) is 13.2. The van der Waals surface area contributed by atoms with Crippen molar-refractivity contribution in [3.05, 3.63) is 82.7 Å². The molecule has 4 rings (SSSR count). The van der Waals surface area contributed by atoms with Crippen LogP contribution in [0.5, 0.6) is 0 Å². The molecule has 0 aliphatic carbocycles. The molecule has 2 heterocycles. The Morgan fingerprint density at radius 1 is 1.04 bits per heavy atom. The molecular formula is C22H18N2O2S. The number of nitrogens with zero attached hydrogens (tertiary/aromatic N) is 1. The highest BCUT2D eigenvalue weighted by atomic mass is 32.1. The van der Waals surface area contributed by atoms with Crippen LogP contribution >= 0.6 is 11.3 Å². The normalized spacial score (nSPS) is 10.7. The molecule has 0 atom stereocenters. The van der Waals surface area contributed by atoms with E-state index < -0.39 is 0 Å². The Balaban J connectivity index is 1.44. The molecule has 4 aromatic rings. The SMILES string of the molecule is Cc1ccc(-c2coc(-c3ccc(NC(=O)Cc4cccs4)cc3)n2)cc1. The van der Waals surface area contributed by atoms with Crippen LogP contribution in [0.15, 0.2) is 76.7 Å². The summed E-state index contributed by atoms with van der Waals surface area (Å²) < 4.78 is 5.63. The van der Waals surface area contributed by atoms with Crippen LogP contribution in [-0.4, -0.2) is 10.9 Å². The lowest BCUT2D eigenvalue weighted by molar-refractivity contribution is -0.115. The Morgan fingerprint density at radius 2 is 1.78 bits per heavy atom. The topological polar surface area (TPSA) is 55.1 Å². The van der Waals surface area contributed by atoms with Crippen LogP contribution in [0.3, 0.4) is 0 Å². The fraction of sp³-hybridized carbons (Fsp3) is 0.0909. The van der Waals surface area contributed by atoms with Gasteiger partial charge in [0, 0.05) is 21.7 Å². The van der Waals surface area contributed by atoms with Gasteiger partial charge in [-0.3, -0.25) is 4.79 Å². The van der Waals surface area contributed by atoms with Crippen molar-refractivity contribution in [2.45, 2.75) is 13.3 Å². The van der Waals surface area contributed by atoms with Crippen molar-refractivity contribution in [2.75, 3.05) is 5.32 Å². The van der Waals surface area contributed by atoms with Crippen LogP contribution in [0.2, 0.25) is 0 Å². The Kier molecular flexibility index (Phi) is 4.85. The highest BCUT2D eigenvalue weighted by Crippen LogP contribution is 2.26. The number of hydrogen-bond donors (Lipinski definition) is 1. The van der Waals surface area contributed by atoms with Gasteiger partial charge in [-0.15, -0.1) is 11.3 Å². The number of thiophene rings is 1. The maximum absolute atomic E-state index is 12.1. The van der Waals surface area contributed by atoms with E-state index in [4.69, 9.17) is 4.42 Å². The van der Waals surface area contributed by atoms with E-state index in [2.05, 4.69) is 29.4 Å². The monoisotopic (exact) mass is 374 g/mol. The number of carbonyl (C=O) groups excluding carboxylic acids is 1. The van der Waals surface area contributed by atoms with Gasteiger partial charge in [-0.05, 0) is 42.6 Å². The second-order valence-electron chi connectivity index (χ2n) is 6.29. The fourth-order valence-electron chi connectivity index (χ4n) is 2.74. The number of anilines is 1. The summed E-state index contributed by atoms with van der Waals surface area (Å²) in [5.74, 6) is 0.532. The largest absolute Gasteiger partial charge is 0.444 e. The zero-order valence-electron chi connectivity index (χ0n) is 14.8. The molecule has 1 N–H and O–H groups in total. The lowest BCUT2D eigenvalue weighted by Crippen LogP contribution is -2.13. The molecule has 0 aliphatic rings. The van der Waals surface area contributed by atoms with Crippen LogP contribution in [0.1, 0.15) is 10.4 Å². The number of amides is 1. The molecule has 0 saturated heterocycles. The maximum Gasteiger partial charge on any atom is 0.229 e. The minimum atomic E-state index is -0.0250. The summed E-state index contributed by atoms with van der Waals surface area (Å²) >= 11 is 1.58. The van der Waals surface area contributed by atoms with E-state index >= 15 is 0 Å². The molecule has 4 nitrogen and oxygen atoms in total. The average Bonchev–Trinajstić information content (AvgIpc) is 3.35. The third kappa shape index (κ3) is 4.15. The third-order valence-corrected chi connectivity index (χ3v) is 5.06. The van der Waals surface area contributed by atoms with Gasteiger partial charge >= 0.3 is 0 Å². The van der Waals surface area contributed by atoms with Crippen molar-refractivity contribution in [3.63, 3.8) is 0 Å². The van der Waals surface area contributed by atoms with Crippen LogP contribution in [0.25, 0.3) is 22.7 Å². The van der Waals surface area contributed by atoms with Crippen molar-refractivity contribution < 1.29 is 9.21 Å². The lowest BCUT2D eigenvalue weighted by atomic mass is 10.1. The van der Waals surface area contributed by atoms with E-state index in [0.717, 1.165) is 27.4 Å². The average molecular weight is 374 g/mol. The third-order valence-electron chi connectivity index (χ3n) is 4.18. The zero-order valence-corrected chi connectivity index (χ0v) is 15.6. The van der Waals surface area contributed by atoms with Crippen molar-refractivity contribution in [2.24, 2.45) is 0 Å². The van der Waals surface area contributed by atoms with Gasteiger partial charge in [-0.1, -0.05) is 35.9 Å². The van der Waals surface area contributed by atoms with E-state index in [-0.39, 0.29) is 5.91 Å². The maximum atomic E-state index is 12.1. The minimum absolute atomic E-state index is 0.0250. The van der Waals surface area contributed by atoms with Crippen LogP contribution in [0.4, 0.5) is 5.69 Å². The number of rotatable bonds is 5. The van der Waals surface area contributed by atoms with Gasteiger partial charge in [0.25, 0.3) is 0 Å². The second-order valence-corrected chi connectivity index (χ2v) is 7.32. The minimum Gasteiger partial charge on any atom is -0.444 e. The fourth-order valence-corrected chi connectivity index (χ4v) is 3.44. The molecule has 0 bridgehead atoms. The predicted molar refractivity (Wildman–Crippen MR) is 109 cm³/mol. The summed E-state index contributed by atoms with van der Waals surface area (Å²) in [7, 11) is 0. The van der Waals surface area contributed by atoms with E-state index in [1.165, 1.54) is 5.56 Å². The molecule has 0 spiro atoms. The summed E-state index contributed by atoms with van der Waals surface area (Å²) in [4.78, 5) is 17.7. The standard InChI is InChI=1S/C22H18N2O2S/c1-15-4-6-16(7-5-15)20-14-26-22(24-20)17-8-10-18(11-9-17)23-21(25)13-19-3-2-12-27-19/h2-12,14H,13H2,1H3,(H,23,25). The molecule has 2 aromatic heterocycles. The molecule has 2 aromatic carbocycles. The van der Waals surface area contributed by atoms with Crippen molar-refractivity contribution in [3.8, 4) is 22.7 Å². The number of benzene rings is 2. The number of oxazole rings is 1. The van der Waals surface area contributed by atoms with Crippen molar-refractivity contribution in [1.82, 2.24) is 4.98 Å². The molecule has 0 aliphatic heterocycles. The van der Waals surface area contributed by atoms with Gasteiger partial charge in [-0.25, -0.2) is 4.98 Å². The molecule has 0 saturated carbocycles. The molecule has 0 fully saturated rings. The molecule has 0 unspecified atom stereocenters. The first-order valence-electron chi connectivity index (χ1n) is 8.62. The van der Waals surface area contributed by atoms with Crippen molar-refractivity contribution >= 4 is 22.9 Å². The molecule has 5 heteroatoms. The number of aryl methyl sites for hydroxylation is 1. The molecule has 27 heavy (non-hydrogen) atoms. The molecule has 0 radical (unpaired) electrons. The Labute approximate surface area is 161 Å².